The van der Waals surface area contributed by atoms with Gasteiger partial charge in [0.05, 0.1) is 16.7 Å². The molecule has 0 heterocycles. The minimum atomic E-state index is -0.745. The van der Waals surface area contributed by atoms with Gasteiger partial charge in [0, 0.05) is 39.5 Å². The Morgan fingerprint density at radius 2 is 1.57 bits per heavy atom. The highest BCUT2D eigenvalue weighted by Gasteiger charge is 2.14. The molecule has 4 aromatic carbocycles. The van der Waals surface area contributed by atoms with Gasteiger partial charge in [-0.3, -0.25) is 19.7 Å². The van der Waals surface area contributed by atoms with Crippen molar-refractivity contribution in [3.8, 4) is 5.75 Å². The van der Waals surface area contributed by atoms with Gasteiger partial charge in [0.15, 0.2) is 0 Å². The highest BCUT2D eigenvalue weighted by molar-refractivity contribution is 6.31. The Morgan fingerprint density at radius 3 is 2.25 bits per heavy atom. The summed E-state index contributed by atoms with van der Waals surface area (Å²) in [5, 5.41) is 17.9. The first-order chi connectivity index (χ1) is 19.2. The fourth-order valence-electron chi connectivity index (χ4n) is 3.51. The fourth-order valence-corrected chi connectivity index (χ4v) is 3.69. The first kappa shape index (κ1) is 27.7. The third-order valence-corrected chi connectivity index (χ3v) is 5.78. The Bertz CT molecular complexity index is 1620. The zero-order chi connectivity index (χ0) is 28.6. The Morgan fingerprint density at radius 1 is 0.875 bits per heavy atom. The molecule has 0 aliphatic rings. The number of nitrogens with zero attached hydrogens (tertiary/aromatic N) is 2. The first-order valence-corrected chi connectivity index (χ1v) is 12.1. The monoisotopic (exact) mass is 556 g/mol. The molecule has 0 atom stereocenters. The van der Waals surface area contributed by atoms with Crippen LogP contribution < -0.4 is 15.5 Å². The molecule has 4 rings (SSSR count). The SMILES string of the molecule is Cc1cccc(C(=O)Nc2ccc(C(=O)N/N=C/c3cc(Cl)ccc3OC(=O)c3ccc([N+](=O)[O-])cc3)cc2)c1. The average Bonchev–Trinajstić information content (AvgIpc) is 2.94. The van der Waals surface area contributed by atoms with Crippen LogP contribution in [0.2, 0.25) is 5.02 Å². The van der Waals surface area contributed by atoms with Crippen LogP contribution >= 0.6 is 11.6 Å². The molecule has 10 nitrogen and oxygen atoms in total. The first-order valence-electron chi connectivity index (χ1n) is 11.8. The Hall–Kier alpha value is -5.35. The van der Waals surface area contributed by atoms with Crippen LogP contribution in [-0.2, 0) is 0 Å². The second kappa shape index (κ2) is 12.5. The molecule has 0 aliphatic heterocycles. The van der Waals surface area contributed by atoms with E-state index in [2.05, 4.69) is 15.8 Å². The zero-order valence-corrected chi connectivity index (χ0v) is 21.7. The molecule has 0 bridgehead atoms. The topological polar surface area (TPSA) is 140 Å². The number of nitrogens with one attached hydrogen (secondary N) is 2. The molecular weight excluding hydrogens is 536 g/mol. The van der Waals surface area contributed by atoms with Crippen molar-refractivity contribution in [1.29, 1.82) is 0 Å². The van der Waals surface area contributed by atoms with Crippen molar-refractivity contribution >= 4 is 47.0 Å². The van der Waals surface area contributed by atoms with Gasteiger partial charge < -0.3 is 10.1 Å². The number of rotatable bonds is 8. The number of carbonyl (C=O) groups is 3. The largest absolute Gasteiger partial charge is 0.422 e. The van der Waals surface area contributed by atoms with Gasteiger partial charge in [0.1, 0.15) is 5.75 Å². The number of ether oxygens (including phenoxy) is 1. The Balaban J connectivity index is 1.38. The van der Waals surface area contributed by atoms with Crippen molar-refractivity contribution in [1.82, 2.24) is 5.43 Å². The molecule has 11 heteroatoms. The lowest BCUT2D eigenvalue weighted by molar-refractivity contribution is -0.384. The number of nitro benzene ring substituents is 1. The summed E-state index contributed by atoms with van der Waals surface area (Å²) in [4.78, 5) is 47.7. The van der Waals surface area contributed by atoms with Gasteiger partial charge >= 0.3 is 5.97 Å². The zero-order valence-electron chi connectivity index (χ0n) is 21.0. The van der Waals surface area contributed by atoms with Crippen LogP contribution in [0.25, 0.3) is 0 Å². The molecule has 2 N–H and O–H groups in total. The van der Waals surface area contributed by atoms with Crippen molar-refractivity contribution < 1.29 is 24.0 Å². The minimum Gasteiger partial charge on any atom is -0.422 e. The van der Waals surface area contributed by atoms with Gasteiger partial charge in [-0.1, -0.05) is 29.3 Å². The van der Waals surface area contributed by atoms with E-state index in [1.807, 2.05) is 13.0 Å². The van der Waals surface area contributed by atoms with Gasteiger partial charge in [0.2, 0.25) is 0 Å². The van der Waals surface area contributed by atoms with E-state index in [1.54, 1.807) is 30.3 Å². The van der Waals surface area contributed by atoms with Crippen LogP contribution in [0.15, 0.2) is 96.1 Å². The number of esters is 1. The second-order valence-electron chi connectivity index (χ2n) is 8.48. The average molecular weight is 557 g/mol. The lowest BCUT2D eigenvalue weighted by Gasteiger charge is -2.08. The smallest absolute Gasteiger partial charge is 0.343 e. The van der Waals surface area contributed by atoms with Gasteiger partial charge in [-0.15, -0.1) is 0 Å². The molecule has 200 valence electrons. The number of carbonyl (C=O) groups excluding carboxylic acids is 3. The van der Waals surface area contributed by atoms with Gasteiger partial charge in [0.25, 0.3) is 17.5 Å². The lowest BCUT2D eigenvalue weighted by atomic mass is 10.1. The van der Waals surface area contributed by atoms with E-state index in [-0.39, 0.29) is 22.9 Å². The van der Waals surface area contributed by atoms with Crippen LogP contribution in [0.1, 0.15) is 42.2 Å². The maximum absolute atomic E-state index is 12.5. The van der Waals surface area contributed by atoms with Crippen molar-refractivity contribution in [2.45, 2.75) is 6.92 Å². The van der Waals surface area contributed by atoms with Gasteiger partial charge in [-0.25, -0.2) is 10.2 Å². The number of benzene rings is 4. The summed E-state index contributed by atoms with van der Waals surface area (Å²) in [5.74, 6) is -1.42. The third-order valence-electron chi connectivity index (χ3n) is 5.54. The summed E-state index contributed by atoms with van der Waals surface area (Å²) in [5.41, 5.74) is 4.94. The number of aryl methyl sites for hydroxylation is 1. The van der Waals surface area contributed by atoms with E-state index in [9.17, 15) is 24.5 Å². The van der Waals surface area contributed by atoms with Gasteiger partial charge in [-0.2, -0.15) is 5.10 Å². The molecule has 0 radical (unpaired) electrons. The van der Waals surface area contributed by atoms with E-state index in [0.29, 0.717) is 27.4 Å². The molecule has 0 aliphatic carbocycles. The molecule has 40 heavy (non-hydrogen) atoms. The number of nitro groups is 1. The van der Waals surface area contributed by atoms with Crippen LogP contribution in [0.5, 0.6) is 5.75 Å². The highest BCUT2D eigenvalue weighted by atomic mass is 35.5. The molecular formula is C29H21ClN4O6. The third kappa shape index (κ3) is 7.15. The molecule has 0 aromatic heterocycles. The second-order valence-corrected chi connectivity index (χ2v) is 8.91. The fraction of sp³-hybridized carbons (Fsp3) is 0.0345. The van der Waals surface area contributed by atoms with Crippen LogP contribution in [0.4, 0.5) is 11.4 Å². The standard InChI is InChI=1S/C29H21ClN4O6/c1-18-3-2-4-21(15-18)27(35)32-24-10-5-19(6-11-24)28(36)33-31-17-22-16-23(30)9-14-26(22)40-29(37)20-7-12-25(13-8-20)34(38)39/h2-17H,1H3,(H,32,35)(H,33,36)/b31-17+. The number of hydrazone groups is 1. The van der Waals surface area contributed by atoms with Crippen molar-refractivity contribution in [2.75, 3.05) is 5.32 Å². The summed E-state index contributed by atoms with van der Waals surface area (Å²) < 4.78 is 5.41. The Labute approximate surface area is 233 Å². The number of non-ortho nitro benzene ring substituents is 1. The quantitative estimate of drug-likeness (QED) is 0.0925. The molecule has 0 saturated carbocycles. The normalized spacial score (nSPS) is 10.7. The lowest BCUT2D eigenvalue weighted by Crippen LogP contribution is -2.18. The summed E-state index contributed by atoms with van der Waals surface area (Å²) in [6, 6.07) is 22.9. The highest BCUT2D eigenvalue weighted by Crippen LogP contribution is 2.23. The van der Waals surface area contributed by atoms with Crippen LogP contribution in [-0.4, -0.2) is 28.9 Å². The van der Waals surface area contributed by atoms with E-state index < -0.39 is 16.8 Å². The summed E-state index contributed by atoms with van der Waals surface area (Å²) in [6.07, 6.45) is 1.26. The van der Waals surface area contributed by atoms with E-state index >= 15 is 0 Å². The summed E-state index contributed by atoms with van der Waals surface area (Å²) >= 11 is 6.07. The minimum absolute atomic E-state index is 0.107. The molecule has 0 spiro atoms. The predicted molar refractivity (Wildman–Crippen MR) is 150 cm³/mol. The van der Waals surface area contributed by atoms with E-state index in [4.69, 9.17) is 16.3 Å². The van der Waals surface area contributed by atoms with Crippen LogP contribution in [0, 0.1) is 17.0 Å². The molecule has 0 saturated heterocycles. The number of halogens is 1. The number of amides is 2. The van der Waals surface area contributed by atoms with Crippen molar-refractivity contribution in [3.05, 3.63) is 134 Å². The molecule has 0 unspecified atom stereocenters. The maximum Gasteiger partial charge on any atom is 0.343 e. The van der Waals surface area contributed by atoms with Crippen molar-refractivity contribution in [3.63, 3.8) is 0 Å². The summed E-state index contributed by atoms with van der Waals surface area (Å²) in [6.45, 7) is 1.90. The van der Waals surface area contributed by atoms with Gasteiger partial charge in [-0.05, 0) is 73.7 Å². The number of hydrogen-bond acceptors (Lipinski definition) is 7. The summed E-state index contributed by atoms with van der Waals surface area (Å²) in [7, 11) is 0. The molecule has 2 amide bonds. The number of hydrogen-bond donors (Lipinski definition) is 2. The number of anilines is 1. The van der Waals surface area contributed by atoms with Crippen LogP contribution in [0.3, 0.4) is 0 Å². The predicted octanol–water partition coefficient (Wildman–Crippen LogP) is 5.79. The van der Waals surface area contributed by atoms with E-state index in [0.717, 1.165) is 5.56 Å². The van der Waals surface area contributed by atoms with Crippen molar-refractivity contribution in [2.24, 2.45) is 5.10 Å². The molecule has 0 fully saturated rings. The Kier molecular flexibility index (Phi) is 8.62. The van der Waals surface area contributed by atoms with E-state index in [1.165, 1.54) is 60.8 Å². The maximum atomic E-state index is 12.5. The molecule has 4 aromatic rings.